The Kier molecular flexibility index (Phi) is 5.00. The Hall–Kier alpha value is -3.87. The number of benzene rings is 1. The molecule has 1 aromatic carbocycles. The van der Waals surface area contributed by atoms with Crippen LogP contribution in [0.25, 0.3) is 22.4 Å². The molecular weight excluding hydrogens is 394 g/mol. The van der Waals surface area contributed by atoms with Crippen LogP contribution in [0.4, 0.5) is 0 Å². The van der Waals surface area contributed by atoms with Crippen LogP contribution in [0.5, 0.6) is 0 Å². The molecule has 31 heavy (non-hydrogen) atoms. The van der Waals surface area contributed by atoms with E-state index >= 15 is 0 Å². The van der Waals surface area contributed by atoms with Crippen molar-refractivity contribution in [3.8, 4) is 11.5 Å². The van der Waals surface area contributed by atoms with Crippen molar-refractivity contribution in [3.63, 3.8) is 0 Å². The third kappa shape index (κ3) is 3.82. The summed E-state index contributed by atoms with van der Waals surface area (Å²) in [5.41, 5.74) is 2.47. The standard InChI is InChI=1S/C24H21N3O4/c28-23(25-17-7-10-27(11-8-17)24(29)16-9-13-30-15-16)19-14-21(22-6-3-12-31-22)26-20-5-2-1-4-18(19)20/h1-6,9,12-15,17H,7-8,10-11H2,(H,25,28). The molecule has 7 heteroatoms. The van der Waals surface area contributed by atoms with Gasteiger partial charge in [-0.1, -0.05) is 18.2 Å². The third-order valence-corrected chi connectivity index (χ3v) is 5.62. The summed E-state index contributed by atoms with van der Waals surface area (Å²) in [4.78, 5) is 32.1. The van der Waals surface area contributed by atoms with E-state index in [0.29, 0.717) is 48.5 Å². The van der Waals surface area contributed by atoms with Crippen molar-refractivity contribution in [1.29, 1.82) is 0 Å². The average Bonchev–Trinajstić information content (AvgIpc) is 3.53. The van der Waals surface area contributed by atoms with Crippen LogP contribution in [0, 0.1) is 0 Å². The van der Waals surface area contributed by atoms with Gasteiger partial charge in [0.1, 0.15) is 12.0 Å². The van der Waals surface area contributed by atoms with Gasteiger partial charge in [0.2, 0.25) is 0 Å². The first kappa shape index (κ1) is 19.1. The van der Waals surface area contributed by atoms with Crippen LogP contribution in [0.1, 0.15) is 33.6 Å². The summed E-state index contributed by atoms with van der Waals surface area (Å²) in [6.45, 7) is 1.17. The Balaban J connectivity index is 1.32. The number of likely N-dealkylation sites (tertiary alicyclic amines) is 1. The summed E-state index contributed by atoms with van der Waals surface area (Å²) in [5, 5.41) is 3.93. The van der Waals surface area contributed by atoms with E-state index in [1.807, 2.05) is 30.3 Å². The summed E-state index contributed by atoms with van der Waals surface area (Å²) < 4.78 is 10.5. The highest BCUT2D eigenvalue weighted by molar-refractivity contribution is 6.07. The zero-order valence-electron chi connectivity index (χ0n) is 16.8. The molecule has 0 saturated carbocycles. The Morgan fingerprint density at radius 3 is 2.61 bits per heavy atom. The summed E-state index contributed by atoms with van der Waals surface area (Å²) in [7, 11) is 0. The van der Waals surface area contributed by atoms with Gasteiger partial charge in [0.25, 0.3) is 11.8 Å². The van der Waals surface area contributed by atoms with Gasteiger partial charge in [-0.05, 0) is 43.2 Å². The Morgan fingerprint density at radius 2 is 1.87 bits per heavy atom. The highest BCUT2D eigenvalue weighted by Gasteiger charge is 2.26. The number of hydrogen-bond donors (Lipinski definition) is 1. The highest BCUT2D eigenvalue weighted by atomic mass is 16.3. The number of amides is 2. The van der Waals surface area contributed by atoms with Crippen LogP contribution in [0.15, 0.2) is 76.2 Å². The quantitative estimate of drug-likeness (QED) is 0.542. The topological polar surface area (TPSA) is 88.6 Å². The third-order valence-electron chi connectivity index (χ3n) is 5.62. The summed E-state index contributed by atoms with van der Waals surface area (Å²) in [6.07, 6.45) is 5.94. The fourth-order valence-corrected chi connectivity index (χ4v) is 3.97. The van der Waals surface area contributed by atoms with Gasteiger partial charge in [-0.25, -0.2) is 4.98 Å². The van der Waals surface area contributed by atoms with Crippen LogP contribution >= 0.6 is 0 Å². The van der Waals surface area contributed by atoms with Crippen molar-refractivity contribution < 1.29 is 18.4 Å². The molecule has 4 heterocycles. The number of furan rings is 2. The molecule has 1 aliphatic heterocycles. The second kappa shape index (κ2) is 8.10. The maximum absolute atomic E-state index is 13.2. The number of aromatic nitrogens is 1. The molecule has 1 fully saturated rings. The highest BCUT2D eigenvalue weighted by Crippen LogP contribution is 2.25. The molecule has 156 valence electrons. The molecule has 4 aromatic rings. The van der Waals surface area contributed by atoms with E-state index in [4.69, 9.17) is 8.83 Å². The van der Waals surface area contributed by atoms with E-state index < -0.39 is 0 Å². The van der Waals surface area contributed by atoms with Gasteiger partial charge in [-0.15, -0.1) is 0 Å². The number of piperidine rings is 1. The van der Waals surface area contributed by atoms with Crippen molar-refractivity contribution in [1.82, 2.24) is 15.2 Å². The van der Waals surface area contributed by atoms with E-state index in [0.717, 1.165) is 10.9 Å². The number of nitrogens with zero attached hydrogens (tertiary/aromatic N) is 2. The number of hydrogen-bond acceptors (Lipinski definition) is 5. The van der Waals surface area contributed by atoms with Crippen LogP contribution in [0.3, 0.4) is 0 Å². The smallest absolute Gasteiger partial charge is 0.257 e. The normalized spacial score (nSPS) is 14.6. The van der Waals surface area contributed by atoms with Crippen LogP contribution in [0.2, 0.25) is 0 Å². The molecule has 5 rings (SSSR count). The minimum Gasteiger partial charge on any atom is -0.472 e. The number of para-hydroxylation sites is 1. The number of fused-ring (bicyclic) bond motifs is 1. The second-order valence-corrected chi connectivity index (χ2v) is 7.60. The van der Waals surface area contributed by atoms with E-state index in [-0.39, 0.29) is 17.9 Å². The number of carbonyl (C=O) groups is 2. The van der Waals surface area contributed by atoms with Gasteiger partial charge in [-0.3, -0.25) is 9.59 Å². The molecule has 1 aliphatic rings. The molecule has 0 radical (unpaired) electrons. The number of pyridine rings is 1. The van der Waals surface area contributed by atoms with Crippen LogP contribution in [-0.2, 0) is 0 Å². The lowest BCUT2D eigenvalue weighted by molar-refractivity contribution is 0.0697. The number of nitrogens with one attached hydrogen (secondary N) is 1. The van der Waals surface area contributed by atoms with E-state index in [9.17, 15) is 9.59 Å². The molecule has 3 aromatic heterocycles. The van der Waals surface area contributed by atoms with Gasteiger partial charge < -0.3 is 19.1 Å². The lowest BCUT2D eigenvalue weighted by atomic mass is 10.0. The predicted octanol–water partition coefficient (Wildman–Crippen LogP) is 4.12. The van der Waals surface area contributed by atoms with Crippen LogP contribution in [-0.4, -0.2) is 40.8 Å². The van der Waals surface area contributed by atoms with Crippen LogP contribution < -0.4 is 5.32 Å². The molecule has 0 spiro atoms. The largest absolute Gasteiger partial charge is 0.472 e. The maximum atomic E-state index is 13.2. The SMILES string of the molecule is O=C(NC1CCN(C(=O)c2ccoc2)CC1)c1cc(-c2ccco2)nc2ccccc12. The molecule has 2 amide bonds. The molecule has 0 atom stereocenters. The first-order valence-corrected chi connectivity index (χ1v) is 10.2. The van der Waals surface area contributed by atoms with Crippen molar-refractivity contribution in [3.05, 3.63) is 78.4 Å². The average molecular weight is 415 g/mol. The molecular formula is C24H21N3O4. The molecule has 0 unspecified atom stereocenters. The monoisotopic (exact) mass is 415 g/mol. The Labute approximate surface area is 178 Å². The minimum atomic E-state index is -0.147. The lowest BCUT2D eigenvalue weighted by Crippen LogP contribution is -2.46. The molecule has 1 N–H and O–H groups in total. The van der Waals surface area contributed by atoms with E-state index in [1.54, 1.807) is 29.4 Å². The Morgan fingerprint density at radius 1 is 1.03 bits per heavy atom. The predicted molar refractivity (Wildman–Crippen MR) is 115 cm³/mol. The van der Waals surface area contributed by atoms with Crippen molar-refractivity contribution in [2.45, 2.75) is 18.9 Å². The zero-order chi connectivity index (χ0) is 21.2. The zero-order valence-corrected chi connectivity index (χ0v) is 16.8. The van der Waals surface area contributed by atoms with Gasteiger partial charge in [0, 0.05) is 24.5 Å². The number of carbonyl (C=O) groups excluding carboxylic acids is 2. The first-order valence-electron chi connectivity index (χ1n) is 10.2. The molecule has 7 nitrogen and oxygen atoms in total. The van der Waals surface area contributed by atoms with E-state index in [2.05, 4.69) is 10.3 Å². The molecule has 0 bridgehead atoms. The minimum absolute atomic E-state index is 0.000102. The van der Waals surface area contributed by atoms with Gasteiger partial charge in [-0.2, -0.15) is 0 Å². The van der Waals surface area contributed by atoms with E-state index in [1.165, 1.54) is 12.5 Å². The maximum Gasteiger partial charge on any atom is 0.257 e. The van der Waals surface area contributed by atoms with Gasteiger partial charge in [0.15, 0.2) is 5.76 Å². The van der Waals surface area contributed by atoms with Gasteiger partial charge in [0.05, 0.1) is 29.2 Å². The lowest BCUT2D eigenvalue weighted by Gasteiger charge is -2.32. The molecule has 1 saturated heterocycles. The fourth-order valence-electron chi connectivity index (χ4n) is 3.97. The van der Waals surface area contributed by atoms with Gasteiger partial charge >= 0.3 is 0 Å². The summed E-state index contributed by atoms with van der Waals surface area (Å²) in [6, 6.07) is 14.6. The fraction of sp³-hybridized carbons (Fsp3) is 0.208. The number of rotatable bonds is 4. The molecule has 0 aliphatic carbocycles. The van der Waals surface area contributed by atoms with Crippen molar-refractivity contribution in [2.24, 2.45) is 0 Å². The van der Waals surface area contributed by atoms with Crippen molar-refractivity contribution >= 4 is 22.7 Å². The second-order valence-electron chi connectivity index (χ2n) is 7.60. The van der Waals surface area contributed by atoms with Crippen molar-refractivity contribution in [2.75, 3.05) is 13.1 Å². The summed E-state index contributed by atoms with van der Waals surface area (Å²) in [5.74, 6) is 0.429. The first-order chi connectivity index (χ1) is 15.2. The Bertz CT molecular complexity index is 1210. The summed E-state index contributed by atoms with van der Waals surface area (Å²) >= 11 is 0.